The summed E-state index contributed by atoms with van der Waals surface area (Å²) in [6.45, 7) is 2.18. The quantitative estimate of drug-likeness (QED) is 0.287. The van der Waals surface area contributed by atoms with Crippen molar-refractivity contribution in [2.24, 2.45) is 0 Å². The molecule has 5 nitrogen and oxygen atoms in total. The highest BCUT2D eigenvalue weighted by Crippen LogP contribution is 1.95. The van der Waals surface area contributed by atoms with Crippen molar-refractivity contribution in [1.29, 1.82) is 0 Å². The molecule has 11 heavy (non-hydrogen) atoms. The molecule has 0 fully saturated rings. The van der Waals surface area contributed by atoms with Crippen LogP contribution in [0.4, 0.5) is 0 Å². The summed E-state index contributed by atoms with van der Waals surface area (Å²) >= 11 is 0. The minimum absolute atomic E-state index is 0.174. The molecule has 0 amide bonds. The topological polar surface area (TPSA) is 72.8 Å². The van der Waals surface area contributed by atoms with Crippen molar-refractivity contribution >= 4 is 10.4 Å². The van der Waals surface area contributed by atoms with Gasteiger partial charge in [-0.2, -0.15) is 8.42 Å². The maximum Gasteiger partial charge on any atom is 0.424 e. The first-order valence-corrected chi connectivity index (χ1v) is 4.71. The molecule has 0 unspecified atom stereocenters. The Morgan fingerprint density at radius 1 is 1.36 bits per heavy atom. The van der Waals surface area contributed by atoms with Crippen LogP contribution in [-0.2, 0) is 19.6 Å². The zero-order valence-corrected chi connectivity index (χ0v) is 7.13. The van der Waals surface area contributed by atoms with Gasteiger partial charge in [0.15, 0.2) is 0 Å². The normalized spacial score (nSPS) is 11.8. The van der Waals surface area contributed by atoms with Crippen LogP contribution in [0.5, 0.6) is 0 Å². The smallest absolute Gasteiger partial charge is 0.262 e. The van der Waals surface area contributed by atoms with Gasteiger partial charge in [-0.3, -0.25) is 4.55 Å². The van der Waals surface area contributed by atoms with Crippen molar-refractivity contribution in [3.63, 3.8) is 0 Å². The summed E-state index contributed by atoms with van der Waals surface area (Å²) in [5, 5.41) is 0. The molecule has 6 heteroatoms. The lowest BCUT2D eigenvalue weighted by atomic mass is 10.3. The molecule has 1 N–H and O–H groups in total. The van der Waals surface area contributed by atoms with E-state index in [0.717, 1.165) is 12.8 Å². The predicted octanol–water partition coefficient (Wildman–Crippen LogP) is 0.928. The van der Waals surface area contributed by atoms with Crippen LogP contribution in [0.1, 0.15) is 26.2 Å². The molecule has 0 aliphatic heterocycles. The molecular formula is C5H12O5S. The van der Waals surface area contributed by atoms with Gasteiger partial charge in [-0.1, -0.05) is 24.1 Å². The Hall–Kier alpha value is -0.170. The van der Waals surface area contributed by atoms with Crippen molar-refractivity contribution in [2.75, 3.05) is 6.61 Å². The van der Waals surface area contributed by atoms with Gasteiger partial charge >= 0.3 is 10.4 Å². The summed E-state index contributed by atoms with van der Waals surface area (Å²) in [5.74, 6) is 0. The second kappa shape index (κ2) is 5.48. The Morgan fingerprint density at radius 3 is 2.45 bits per heavy atom. The standard InChI is InChI=1S/C5H12O5S/c1-2-3-4-5-9-10-11(6,7)8/h2-5H2,1H3,(H,6,7,8). The van der Waals surface area contributed by atoms with Gasteiger partial charge in [0.1, 0.15) is 0 Å². The van der Waals surface area contributed by atoms with Gasteiger partial charge in [0, 0.05) is 0 Å². The monoisotopic (exact) mass is 184 g/mol. The number of rotatable bonds is 6. The molecule has 0 aliphatic carbocycles. The summed E-state index contributed by atoms with van der Waals surface area (Å²) < 4.78 is 31.3. The molecule has 0 saturated carbocycles. The molecule has 0 aromatic heterocycles. The van der Waals surface area contributed by atoms with Crippen LogP contribution in [-0.4, -0.2) is 19.6 Å². The minimum Gasteiger partial charge on any atom is -0.262 e. The maximum atomic E-state index is 9.87. The molecule has 0 spiro atoms. The lowest BCUT2D eigenvalue weighted by Crippen LogP contribution is -2.05. The summed E-state index contributed by atoms with van der Waals surface area (Å²) in [5.41, 5.74) is 0. The Morgan fingerprint density at radius 2 is 2.00 bits per heavy atom. The SMILES string of the molecule is CCCCCOOS(=O)(=O)O. The van der Waals surface area contributed by atoms with Crippen LogP contribution >= 0.6 is 0 Å². The van der Waals surface area contributed by atoms with E-state index in [1.54, 1.807) is 0 Å². The van der Waals surface area contributed by atoms with Gasteiger partial charge in [-0.05, 0) is 6.42 Å². The third kappa shape index (κ3) is 9.83. The van der Waals surface area contributed by atoms with Gasteiger partial charge in [0.05, 0.1) is 6.61 Å². The predicted molar refractivity (Wildman–Crippen MR) is 38.1 cm³/mol. The number of hydrogen-bond acceptors (Lipinski definition) is 4. The van der Waals surface area contributed by atoms with Crippen LogP contribution in [0.3, 0.4) is 0 Å². The van der Waals surface area contributed by atoms with Gasteiger partial charge in [-0.15, -0.1) is 0 Å². The van der Waals surface area contributed by atoms with Crippen LogP contribution < -0.4 is 0 Å². The molecule has 0 aromatic rings. The van der Waals surface area contributed by atoms with Crippen LogP contribution in [0.15, 0.2) is 0 Å². The molecule has 0 aliphatic rings. The van der Waals surface area contributed by atoms with Crippen molar-refractivity contribution < 1.29 is 22.2 Å². The van der Waals surface area contributed by atoms with Gasteiger partial charge in [0.25, 0.3) is 0 Å². The Labute approximate surface area is 66.2 Å². The molecule has 0 heterocycles. The fourth-order valence-electron chi connectivity index (χ4n) is 0.506. The summed E-state index contributed by atoms with van der Waals surface area (Å²) in [4.78, 5) is 4.16. The summed E-state index contributed by atoms with van der Waals surface area (Å²) in [7, 11) is -4.43. The molecule has 0 aromatic carbocycles. The van der Waals surface area contributed by atoms with Gasteiger partial charge in [0.2, 0.25) is 0 Å². The Bertz CT molecular complexity index is 173. The highest BCUT2D eigenvalue weighted by molar-refractivity contribution is 7.80. The molecule has 0 saturated heterocycles. The number of unbranched alkanes of at least 4 members (excludes halogenated alkanes) is 2. The van der Waals surface area contributed by atoms with E-state index in [1.165, 1.54) is 0 Å². The minimum atomic E-state index is -4.43. The Balaban J connectivity index is 3.16. The molecule has 0 rings (SSSR count). The Kier molecular flexibility index (Phi) is 5.39. The van der Waals surface area contributed by atoms with Gasteiger partial charge < -0.3 is 0 Å². The molecular weight excluding hydrogens is 172 g/mol. The largest absolute Gasteiger partial charge is 0.424 e. The van der Waals surface area contributed by atoms with E-state index in [2.05, 4.69) is 9.22 Å². The van der Waals surface area contributed by atoms with Crippen LogP contribution in [0.2, 0.25) is 0 Å². The average molecular weight is 184 g/mol. The van der Waals surface area contributed by atoms with Crippen molar-refractivity contribution in [3.8, 4) is 0 Å². The third-order valence-electron chi connectivity index (χ3n) is 0.965. The molecule has 0 atom stereocenters. The van der Waals surface area contributed by atoms with Crippen LogP contribution in [0.25, 0.3) is 0 Å². The van der Waals surface area contributed by atoms with E-state index >= 15 is 0 Å². The zero-order chi connectivity index (χ0) is 8.74. The van der Waals surface area contributed by atoms with Gasteiger partial charge in [-0.25, -0.2) is 4.89 Å². The van der Waals surface area contributed by atoms with E-state index in [0.29, 0.717) is 6.42 Å². The second-order valence-electron chi connectivity index (χ2n) is 2.02. The fraction of sp³-hybridized carbons (Fsp3) is 1.00. The van der Waals surface area contributed by atoms with Crippen molar-refractivity contribution in [2.45, 2.75) is 26.2 Å². The number of hydrogen-bond donors (Lipinski definition) is 1. The lowest BCUT2D eigenvalue weighted by Gasteiger charge is -1.98. The van der Waals surface area contributed by atoms with E-state index in [-0.39, 0.29) is 6.61 Å². The first-order chi connectivity index (χ1) is 5.06. The molecule has 0 radical (unpaired) electrons. The second-order valence-corrected chi connectivity index (χ2v) is 3.02. The van der Waals surface area contributed by atoms with Crippen molar-refractivity contribution in [3.05, 3.63) is 0 Å². The first kappa shape index (κ1) is 10.8. The highest BCUT2D eigenvalue weighted by Gasteiger charge is 2.03. The fourth-order valence-corrected chi connectivity index (χ4v) is 0.695. The van der Waals surface area contributed by atoms with Crippen molar-refractivity contribution in [1.82, 2.24) is 0 Å². The molecule has 0 bridgehead atoms. The third-order valence-corrected chi connectivity index (χ3v) is 1.23. The van der Waals surface area contributed by atoms with E-state index in [1.807, 2.05) is 6.92 Å². The van der Waals surface area contributed by atoms with E-state index in [9.17, 15) is 8.42 Å². The van der Waals surface area contributed by atoms with E-state index in [4.69, 9.17) is 4.55 Å². The zero-order valence-electron chi connectivity index (χ0n) is 6.32. The average Bonchev–Trinajstić information content (AvgIpc) is 1.85. The van der Waals surface area contributed by atoms with E-state index < -0.39 is 10.4 Å². The highest BCUT2D eigenvalue weighted by atomic mass is 32.3. The molecule has 68 valence electrons. The summed E-state index contributed by atoms with van der Waals surface area (Å²) in [6.07, 6.45) is 2.66. The first-order valence-electron chi connectivity index (χ1n) is 3.35. The summed E-state index contributed by atoms with van der Waals surface area (Å²) in [6, 6.07) is 0. The maximum absolute atomic E-state index is 9.87. The lowest BCUT2D eigenvalue weighted by molar-refractivity contribution is -0.208. The van der Waals surface area contributed by atoms with Crippen LogP contribution in [0, 0.1) is 0 Å².